The Labute approximate surface area is 112 Å². The third-order valence-corrected chi connectivity index (χ3v) is 3.41. The minimum Gasteiger partial charge on any atom is -0.469 e. The summed E-state index contributed by atoms with van der Waals surface area (Å²) >= 11 is 0. The van der Waals surface area contributed by atoms with Crippen molar-refractivity contribution in [3.05, 3.63) is 23.7 Å². The number of hydrogen-bond acceptors (Lipinski definition) is 3. The second-order valence-corrected chi connectivity index (χ2v) is 5.53. The number of nitrogens with one attached hydrogen (secondary N) is 1. The molecule has 0 aliphatic rings. The standard InChI is InChI=1S/C15H28N2O/c1-6-15(10-16-9-12(2)3)17(5)11-14-7-8-18-13(14)4/h7-8,12,15-16H,6,9-11H2,1-5H3. The molecular weight excluding hydrogens is 224 g/mol. The fourth-order valence-corrected chi connectivity index (χ4v) is 2.12. The number of likely N-dealkylation sites (N-methyl/N-ethyl adjacent to an activating group) is 1. The van der Waals surface area contributed by atoms with Crippen LogP contribution in [0.25, 0.3) is 0 Å². The monoisotopic (exact) mass is 252 g/mol. The van der Waals surface area contributed by atoms with Crippen LogP contribution >= 0.6 is 0 Å². The molecule has 0 saturated heterocycles. The maximum Gasteiger partial charge on any atom is 0.105 e. The molecule has 1 rings (SSSR count). The molecule has 1 aromatic rings. The number of furan rings is 1. The minimum absolute atomic E-state index is 0.582. The predicted molar refractivity (Wildman–Crippen MR) is 76.7 cm³/mol. The van der Waals surface area contributed by atoms with Crippen molar-refractivity contribution in [2.24, 2.45) is 5.92 Å². The quantitative estimate of drug-likeness (QED) is 0.771. The molecule has 3 heteroatoms. The van der Waals surface area contributed by atoms with Gasteiger partial charge >= 0.3 is 0 Å². The van der Waals surface area contributed by atoms with E-state index in [0.29, 0.717) is 12.0 Å². The third-order valence-electron chi connectivity index (χ3n) is 3.41. The Kier molecular flexibility index (Phi) is 6.44. The Morgan fingerprint density at radius 1 is 1.33 bits per heavy atom. The summed E-state index contributed by atoms with van der Waals surface area (Å²) < 4.78 is 5.35. The van der Waals surface area contributed by atoms with Crippen molar-refractivity contribution in [3.63, 3.8) is 0 Å². The van der Waals surface area contributed by atoms with Crippen LogP contribution in [0, 0.1) is 12.8 Å². The average molecular weight is 252 g/mol. The van der Waals surface area contributed by atoms with Crippen molar-refractivity contribution in [2.45, 2.75) is 46.7 Å². The van der Waals surface area contributed by atoms with E-state index in [0.717, 1.165) is 25.4 Å². The topological polar surface area (TPSA) is 28.4 Å². The smallest absolute Gasteiger partial charge is 0.105 e. The lowest BCUT2D eigenvalue weighted by molar-refractivity contribution is 0.219. The van der Waals surface area contributed by atoms with Crippen LogP contribution in [0.1, 0.15) is 38.5 Å². The Hall–Kier alpha value is -0.800. The molecule has 0 aromatic carbocycles. The SMILES string of the molecule is CCC(CNCC(C)C)N(C)Cc1ccoc1C. The number of rotatable bonds is 8. The van der Waals surface area contributed by atoms with Crippen molar-refractivity contribution in [2.75, 3.05) is 20.1 Å². The first-order chi connectivity index (χ1) is 8.54. The minimum atomic E-state index is 0.582. The lowest BCUT2D eigenvalue weighted by atomic mass is 10.1. The summed E-state index contributed by atoms with van der Waals surface area (Å²) in [5.41, 5.74) is 1.29. The van der Waals surface area contributed by atoms with Crippen LogP contribution in [0.3, 0.4) is 0 Å². The summed E-state index contributed by atoms with van der Waals surface area (Å²) in [5.74, 6) is 1.75. The van der Waals surface area contributed by atoms with E-state index in [1.807, 2.05) is 6.92 Å². The summed E-state index contributed by atoms with van der Waals surface area (Å²) in [4.78, 5) is 2.41. The summed E-state index contributed by atoms with van der Waals surface area (Å²) in [6.45, 7) is 11.9. The van der Waals surface area contributed by atoms with Gasteiger partial charge in [-0.05, 0) is 38.9 Å². The molecule has 1 aromatic heterocycles. The average Bonchev–Trinajstić information content (AvgIpc) is 2.70. The molecule has 104 valence electrons. The fourth-order valence-electron chi connectivity index (χ4n) is 2.12. The van der Waals surface area contributed by atoms with Gasteiger partial charge in [-0.3, -0.25) is 4.90 Å². The first kappa shape index (κ1) is 15.3. The number of hydrogen-bond donors (Lipinski definition) is 1. The molecule has 0 amide bonds. The van der Waals surface area contributed by atoms with E-state index in [4.69, 9.17) is 4.42 Å². The van der Waals surface area contributed by atoms with Gasteiger partial charge in [0.1, 0.15) is 5.76 Å². The second-order valence-electron chi connectivity index (χ2n) is 5.53. The molecular formula is C15H28N2O. The molecule has 0 aliphatic heterocycles. The van der Waals surface area contributed by atoms with E-state index in [1.165, 1.54) is 12.0 Å². The molecule has 0 radical (unpaired) electrons. The largest absolute Gasteiger partial charge is 0.469 e. The highest BCUT2D eigenvalue weighted by Gasteiger charge is 2.14. The van der Waals surface area contributed by atoms with Crippen molar-refractivity contribution in [3.8, 4) is 0 Å². The number of aryl methyl sites for hydroxylation is 1. The highest BCUT2D eigenvalue weighted by Crippen LogP contribution is 2.13. The van der Waals surface area contributed by atoms with Gasteiger partial charge in [0.05, 0.1) is 6.26 Å². The van der Waals surface area contributed by atoms with Crippen LogP contribution < -0.4 is 5.32 Å². The molecule has 18 heavy (non-hydrogen) atoms. The molecule has 1 heterocycles. The Morgan fingerprint density at radius 2 is 2.06 bits per heavy atom. The van der Waals surface area contributed by atoms with Gasteiger partial charge in [-0.15, -0.1) is 0 Å². The highest BCUT2D eigenvalue weighted by atomic mass is 16.3. The van der Waals surface area contributed by atoms with Crippen LogP contribution in [0.2, 0.25) is 0 Å². The molecule has 0 spiro atoms. The van der Waals surface area contributed by atoms with Gasteiger partial charge in [0.2, 0.25) is 0 Å². The van der Waals surface area contributed by atoms with Crippen molar-refractivity contribution in [1.29, 1.82) is 0 Å². The summed E-state index contributed by atoms with van der Waals surface area (Å²) in [6, 6.07) is 2.65. The lowest BCUT2D eigenvalue weighted by Gasteiger charge is -2.27. The summed E-state index contributed by atoms with van der Waals surface area (Å²) in [7, 11) is 2.19. The maximum absolute atomic E-state index is 5.35. The van der Waals surface area contributed by atoms with Crippen LogP contribution in [0.15, 0.2) is 16.7 Å². The second kappa shape index (κ2) is 7.59. The Morgan fingerprint density at radius 3 is 2.56 bits per heavy atom. The van der Waals surface area contributed by atoms with Crippen molar-refractivity contribution < 1.29 is 4.42 Å². The maximum atomic E-state index is 5.35. The summed E-state index contributed by atoms with van der Waals surface area (Å²) in [5, 5.41) is 3.55. The van der Waals surface area contributed by atoms with Crippen LogP contribution in [-0.2, 0) is 6.54 Å². The molecule has 3 nitrogen and oxygen atoms in total. The van der Waals surface area contributed by atoms with E-state index in [-0.39, 0.29) is 0 Å². The van der Waals surface area contributed by atoms with Crippen LogP contribution in [0.4, 0.5) is 0 Å². The van der Waals surface area contributed by atoms with Gasteiger partial charge in [0.15, 0.2) is 0 Å². The van der Waals surface area contributed by atoms with Gasteiger partial charge in [-0.25, -0.2) is 0 Å². The van der Waals surface area contributed by atoms with Gasteiger partial charge in [0, 0.05) is 24.7 Å². The first-order valence-corrected chi connectivity index (χ1v) is 6.98. The van der Waals surface area contributed by atoms with E-state index >= 15 is 0 Å². The van der Waals surface area contributed by atoms with E-state index < -0.39 is 0 Å². The fraction of sp³-hybridized carbons (Fsp3) is 0.733. The molecule has 1 N–H and O–H groups in total. The Balaban J connectivity index is 2.42. The molecule has 0 fully saturated rings. The van der Waals surface area contributed by atoms with E-state index in [1.54, 1.807) is 6.26 Å². The normalized spacial score (nSPS) is 13.5. The Bertz CT molecular complexity index is 333. The van der Waals surface area contributed by atoms with E-state index in [9.17, 15) is 0 Å². The van der Waals surface area contributed by atoms with Gasteiger partial charge < -0.3 is 9.73 Å². The lowest BCUT2D eigenvalue weighted by Crippen LogP contribution is -2.40. The predicted octanol–water partition coefficient (Wildman–Crippen LogP) is 3.04. The van der Waals surface area contributed by atoms with Crippen LogP contribution in [-0.4, -0.2) is 31.1 Å². The van der Waals surface area contributed by atoms with Crippen LogP contribution in [0.5, 0.6) is 0 Å². The van der Waals surface area contributed by atoms with Crippen molar-refractivity contribution in [1.82, 2.24) is 10.2 Å². The third kappa shape index (κ3) is 4.83. The van der Waals surface area contributed by atoms with Gasteiger partial charge in [-0.2, -0.15) is 0 Å². The molecule has 1 unspecified atom stereocenters. The molecule has 0 saturated carbocycles. The number of nitrogens with zero attached hydrogens (tertiary/aromatic N) is 1. The van der Waals surface area contributed by atoms with Gasteiger partial charge in [0.25, 0.3) is 0 Å². The molecule has 1 atom stereocenters. The van der Waals surface area contributed by atoms with Crippen molar-refractivity contribution >= 4 is 0 Å². The zero-order valence-electron chi connectivity index (χ0n) is 12.5. The first-order valence-electron chi connectivity index (χ1n) is 6.98. The zero-order valence-corrected chi connectivity index (χ0v) is 12.5. The van der Waals surface area contributed by atoms with Gasteiger partial charge in [-0.1, -0.05) is 20.8 Å². The zero-order chi connectivity index (χ0) is 13.5. The summed E-state index contributed by atoms with van der Waals surface area (Å²) in [6.07, 6.45) is 2.94. The molecule has 0 aliphatic carbocycles. The highest BCUT2D eigenvalue weighted by molar-refractivity contribution is 5.15. The molecule has 0 bridgehead atoms. The van der Waals surface area contributed by atoms with E-state index in [2.05, 4.69) is 44.1 Å².